The number of hydrogen-bond donors (Lipinski definition) is 6. The molecule has 1 atom stereocenters. The van der Waals surface area contributed by atoms with Gasteiger partial charge in [0.1, 0.15) is 0 Å². The van der Waals surface area contributed by atoms with E-state index in [1.807, 2.05) is 0 Å². The number of primary amides is 1. The molecule has 13 heteroatoms. The predicted octanol–water partition coefficient (Wildman–Crippen LogP) is -0.366. The van der Waals surface area contributed by atoms with E-state index in [9.17, 15) is 13.9 Å². The fourth-order valence-electron chi connectivity index (χ4n) is 0.421. The maximum Gasteiger partial charge on any atom is 0.430 e. The number of rotatable bonds is 4. The zero-order chi connectivity index (χ0) is 14.3. The molecule has 0 saturated heterocycles. The zero-order valence-corrected chi connectivity index (χ0v) is 10.3. The Bertz CT molecular complexity index is 358. The van der Waals surface area contributed by atoms with Gasteiger partial charge in [-0.15, -0.1) is 0 Å². The second-order valence-corrected chi connectivity index (χ2v) is 5.25. The summed E-state index contributed by atoms with van der Waals surface area (Å²) in [6.07, 6.45) is -1.33. The Kier molecular flexibility index (Phi) is 7.99. The van der Waals surface area contributed by atoms with Gasteiger partial charge in [-0.3, -0.25) is 9.88 Å². The number of carbonyl (C=O) groups is 2. The largest absolute Gasteiger partial charge is 0.465 e. The highest BCUT2D eigenvalue weighted by Gasteiger charge is 2.34. The third kappa shape index (κ3) is 13.0. The van der Waals surface area contributed by atoms with Gasteiger partial charge in [0.05, 0.1) is 6.61 Å². The summed E-state index contributed by atoms with van der Waals surface area (Å²) < 4.78 is 25.0. The van der Waals surface area contributed by atoms with Crippen molar-refractivity contribution in [3.05, 3.63) is 0 Å². The van der Waals surface area contributed by atoms with Crippen molar-refractivity contribution in [3.8, 4) is 0 Å². The molecule has 0 aliphatic rings. The molecule has 0 saturated carbocycles. The highest BCUT2D eigenvalue weighted by Crippen LogP contribution is 2.45. The number of nitrogens with one attached hydrogen (secondary N) is 1. The van der Waals surface area contributed by atoms with Crippen LogP contribution in [0.25, 0.3) is 0 Å². The molecule has 17 heavy (non-hydrogen) atoms. The summed E-state index contributed by atoms with van der Waals surface area (Å²) in [5.41, 5.74) is 2.31. The quantitative estimate of drug-likeness (QED) is 0.374. The van der Waals surface area contributed by atoms with Gasteiger partial charge in [0.2, 0.25) is 0 Å². The minimum absolute atomic E-state index is 0.220. The summed E-state index contributed by atoms with van der Waals surface area (Å²) in [4.78, 5) is 44.6. The molecule has 0 radical (unpaired) electrons. The average molecular weight is 294 g/mol. The lowest BCUT2D eigenvalue weighted by Gasteiger charge is -2.10. The van der Waals surface area contributed by atoms with Crippen molar-refractivity contribution in [3.63, 3.8) is 0 Å². The van der Waals surface area contributed by atoms with Crippen molar-refractivity contribution < 1.29 is 43.0 Å². The monoisotopic (exact) mass is 294 g/mol. The molecule has 0 aromatic carbocycles. The van der Waals surface area contributed by atoms with Crippen molar-refractivity contribution in [2.75, 3.05) is 6.61 Å². The van der Waals surface area contributed by atoms with E-state index in [0.717, 1.165) is 5.09 Å². The molecule has 102 valence electrons. The molecule has 11 nitrogen and oxygen atoms in total. The van der Waals surface area contributed by atoms with Crippen LogP contribution >= 0.6 is 15.3 Å². The first kappa shape index (κ1) is 18.4. The first-order valence-electron chi connectivity index (χ1n) is 3.76. The molecule has 1 unspecified atom stereocenters. The molecule has 7 N–H and O–H groups in total. The molecule has 0 fully saturated rings. The molecule has 0 spiro atoms. The first-order chi connectivity index (χ1) is 7.42. The van der Waals surface area contributed by atoms with Gasteiger partial charge in [0.15, 0.2) is 0 Å². The average Bonchev–Trinajstić information content (AvgIpc) is 1.98. The zero-order valence-electron chi connectivity index (χ0n) is 8.51. The van der Waals surface area contributed by atoms with Crippen molar-refractivity contribution in [1.82, 2.24) is 5.09 Å². The van der Waals surface area contributed by atoms with E-state index in [-0.39, 0.29) is 6.61 Å². The number of carbonyl (C=O) groups excluding carboxylic acids is 1. The van der Waals surface area contributed by atoms with E-state index in [4.69, 9.17) is 24.6 Å². The minimum Gasteiger partial charge on any atom is -0.465 e. The summed E-state index contributed by atoms with van der Waals surface area (Å²) in [5, 5.41) is 8.23. The normalized spacial score (nSPS) is 13.9. The van der Waals surface area contributed by atoms with Gasteiger partial charge < -0.3 is 30.0 Å². The third-order valence-electron chi connectivity index (χ3n) is 0.802. The van der Waals surface area contributed by atoms with Crippen LogP contribution in [-0.2, 0) is 13.7 Å². The SMILES string of the molecule is CCOP(=O)(O)C(=O)NP(=O)(O)O.NC(=O)O. The summed E-state index contributed by atoms with van der Waals surface area (Å²) in [6.45, 7) is 1.13. The summed E-state index contributed by atoms with van der Waals surface area (Å²) in [5.74, 6) is 0. The Morgan fingerprint density at radius 2 is 1.65 bits per heavy atom. The van der Waals surface area contributed by atoms with Crippen LogP contribution in [-0.4, -0.2) is 38.1 Å². The summed E-state index contributed by atoms with van der Waals surface area (Å²) >= 11 is 0. The van der Waals surface area contributed by atoms with Crippen LogP contribution in [0.15, 0.2) is 0 Å². The number of hydrogen-bond acceptors (Lipinski definition) is 5. The molecule has 0 aliphatic carbocycles. The maximum atomic E-state index is 10.8. The number of nitrogens with two attached hydrogens (primary N) is 1. The second-order valence-electron chi connectivity index (χ2n) is 2.24. The van der Waals surface area contributed by atoms with Crippen LogP contribution < -0.4 is 10.8 Å². The van der Waals surface area contributed by atoms with Crippen molar-refractivity contribution in [2.45, 2.75) is 6.92 Å². The van der Waals surface area contributed by atoms with Crippen LogP contribution in [0.2, 0.25) is 0 Å². The van der Waals surface area contributed by atoms with Crippen LogP contribution in [0.1, 0.15) is 6.92 Å². The van der Waals surface area contributed by atoms with Gasteiger partial charge in [-0.25, -0.2) is 13.9 Å². The fraction of sp³-hybridized carbons (Fsp3) is 0.500. The van der Waals surface area contributed by atoms with Gasteiger partial charge in [-0.1, -0.05) is 0 Å². The number of carboxylic acid groups (broad SMARTS) is 1. The van der Waals surface area contributed by atoms with Crippen LogP contribution in [0.4, 0.5) is 9.59 Å². The van der Waals surface area contributed by atoms with Crippen molar-refractivity contribution >= 4 is 27.1 Å². The standard InChI is InChI=1S/C3H9NO7P2.CH3NO2/c1-2-11-12(6,7)3(5)4-13(8,9)10;2-1(3)4/h2H2,1H3,(H,6,7)(H3,4,5,8,9,10);2H2,(H,3,4). The molecular formula is C4H12N2O9P2. The molecule has 0 aliphatic heterocycles. The van der Waals surface area contributed by atoms with Crippen LogP contribution in [0, 0.1) is 0 Å². The Morgan fingerprint density at radius 1 is 1.29 bits per heavy atom. The minimum atomic E-state index is -4.85. The van der Waals surface area contributed by atoms with Gasteiger partial charge in [0, 0.05) is 0 Å². The van der Waals surface area contributed by atoms with Gasteiger partial charge >= 0.3 is 27.1 Å². The Labute approximate surface area is 95.3 Å². The van der Waals surface area contributed by atoms with Crippen molar-refractivity contribution in [1.29, 1.82) is 0 Å². The molecule has 0 bridgehead atoms. The summed E-state index contributed by atoms with van der Waals surface area (Å²) in [6, 6.07) is 0. The van der Waals surface area contributed by atoms with E-state index in [0.29, 0.717) is 0 Å². The van der Waals surface area contributed by atoms with E-state index in [1.165, 1.54) is 6.92 Å². The fourth-order valence-corrected chi connectivity index (χ4v) is 2.03. The van der Waals surface area contributed by atoms with Gasteiger partial charge in [-0.2, -0.15) is 0 Å². The molecule has 0 aromatic rings. The Hall–Kier alpha value is -0.960. The Balaban J connectivity index is 0. The highest BCUT2D eigenvalue weighted by molar-refractivity contribution is 7.72. The summed E-state index contributed by atoms with van der Waals surface area (Å²) in [7, 11) is -9.48. The van der Waals surface area contributed by atoms with E-state index >= 15 is 0 Å². The molecule has 0 heterocycles. The number of amides is 2. The smallest absolute Gasteiger partial charge is 0.430 e. The van der Waals surface area contributed by atoms with Crippen LogP contribution in [0.3, 0.4) is 0 Å². The maximum absolute atomic E-state index is 10.8. The predicted molar refractivity (Wildman–Crippen MR) is 54.2 cm³/mol. The van der Waals surface area contributed by atoms with E-state index < -0.39 is 27.1 Å². The van der Waals surface area contributed by atoms with Crippen molar-refractivity contribution in [2.24, 2.45) is 5.73 Å². The first-order valence-corrected chi connectivity index (χ1v) is 6.95. The topological polar surface area (TPSA) is 196 Å². The lowest BCUT2D eigenvalue weighted by atomic mass is 10.9. The van der Waals surface area contributed by atoms with Crippen LogP contribution in [0.5, 0.6) is 0 Å². The van der Waals surface area contributed by atoms with E-state index in [2.05, 4.69) is 10.3 Å². The van der Waals surface area contributed by atoms with E-state index in [1.54, 1.807) is 0 Å². The highest BCUT2D eigenvalue weighted by atomic mass is 31.2. The lowest BCUT2D eigenvalue weighted by Crippen LogP contribution is -2.19. The Morgan fingerprint density at radius 3 is 1.88 bits per heavy atom. The molecule has 0 rings (SSSR count). The molecular weight excluding hydrogens is 282 g/mol. The van der Waals surface area contributed by atoms with Gasteiger partial charge in [-0.05, 0) is 6.92 Å². The lowest BCUT2D eigenvalue weighted by molar-refractivity contribution is 0.205. The third-order valence-corrected chi connectivity index (χ3v) is 2.71. The molecule has 2 amide bonds. The molecule has 0 aromatic heterocycles. The van der Waals surface area contributed by atoms with Gasteiger partial charge in [0.25, 0.3) is 0 Å². The second kappa shape index (κ2) is 7.38.